The monoisotopic (exact) mass is 275 g/mol. The van der Waals surface area contributed by atoms with E-state index >= 15 is 0 Å². The summed E-state index contributed by atoms with van der Waals surface area (Å²) in [6.45, 7) is -0.272. The average molecular weight is 275 g/mol. The number of amides is 3. The smallest absolute Gasteiger partial charge is 0.326 e. The molecule has 0 radical (unpaired) electrons. The van der Waals surface area contributed by atoms with Gasteiger partial charge in [0.1, 0.15) is 6.04 Å². The van der Waals surface area contributed by atoms with Crippen LogP contribution in [-0.4, -0.2) is 55.7 Å². The fourth-order valence-electron chi connectivity index (χ4n) is 1.08. The summed E-state index contributed by atoms with van der Waals surface area (Å²) < 4.78 is 4.37. The van der Waals surface area contributed by atoms with Gasteiger partial charge in [-0.2, -0.15) is 0 Å². The molecule has 0 aliphatic rings. The number of nitrogens with one attached hydrogen (secondary N) is 3. The van der Waals surface area contributed by atoms with Gasteiger partial charge in [0.2, 0.25) is 5.91 Å². The lowest BCUT2D eigenvalue weighted by Crippen LogP contribution is -2.48. The van der Waals surface area contributed by atoms with Gasteiger partial charge in [-0.1, -0.05) is 0 Å². The molecule has 3 amide bonds. The minimum atomic E-state index is -1.28. The highest BCUT2D eigenvalue weighted by Crippen LogP contribution is 1.99. The number of carboxylic acid groups (broad SMARTS) is 1. The van der Waals surface area contributed by atoms with Gasteiger partial charge in [-0.3, -0.25) is 9.59 Å². The van der Waals surface area contributed by atoms with Crippen LogP contribution in [0.5, 0.6) is 0 Å². The van der Waals surface area contributed by atoms with Crippen LogP contribution >= 0.6 is 0 Å². The number of methoxy groups -OCH3 is 1. The second-order valence-electron chi connectivity index (χ2n) is 3.51. The first kappa shape index (κ1) is 16.7. The van der Waals surface area contributed by atoms with E-state index in [-0.39, 0.29) is 19.4 Å². The quantitative estimate of drug-likeness (QED) is 0.415. The first-order valence-electron chi connectivity index (χ1n) is 5.45. The second-order valence-corrected chi connectivity index (χ2v) is 3.51. The molecule has 9 heteroatoms. The standard InChI is InChI=1S/C10H17N3O6/c1-11-7(14)5-12-10(18)13-6(9(16)17)3-4-8(15)19-2/h6H,3-5H2,1-2H3,(H,11,14)(H,16,17)(H2,12,13,18)/t6-/m0/s1. The summed E-state index contributed by atoms with van der Waals surface area (Å²) in [6, 6.07) is -2.04. The van der Waals surface area contributed by atoms with E-state index in [2.05, 4.69) is 20.7 Å². The molecule has 0 rings (SSSR count). The second kappa shape index (κ2) is 8.72. The van der Waals surface area contributed by atoms with E-state index in [0.29, 0.717) is 0 Å². The largest absolute Gasteiger partial charge is 0.480 e. The van der Waals surface area contributed by atoms with Crippen LogP contribution in [0.2, 0.25) is 0 Å². The van der Waals surface area contributed by atoms with Crippen LogP contribution in [-0.2, 0) is 19.1 Å². The normalized spacial score (nSPS) is 11.1. The molecule has 0 unspecified atom stereocenters. The lowest BCUT2D eigenvalue weighted by atomic mass is 10.1. The van der Waals surface area contributed by atoms with Gasteiger partial charge in [0, 0.05) is 13.5 Å². The Morgan fingerprint density at radius 2 is 1.89 bits per heavy atom. The fraction of sp³-hybridized carbons (Fsp3) is 0.600. The molecule has 4 N–H and O–H groups in total. The van der Waals surface area contributed by atoms with E-state index in [0.717, 1.165) is 0 Å². The summed E-state index contributed by atoms with van der Waals surface area (Å²) >= 11 is 0. The number of urea groups is 1. The highest BCUT2D eigenvalue weighted by atomic mass is 16.5. The Bertz CT molecular complexity index is 357. The molecule has 1 atom stereocenters. The molecular weight excluding hydrogens is 258 g/mol. The Morgan fingerprint density at radius 3 is 2.37 bits per heavy atom. The minimum Gasteiger partial charge on any atom is -0.480 e. The summed E-state index contributed by atoms with van der Waals surface area (Å²) in [4.78, 5) is 43.9. The molecule has 0 bridgehead atoms. The SMILES string of the molecule is CNC(=O)CNC(=O)N[C@@H](CCC(=O)OC)C(=O)O. The van der Waals surface area contributed by atoms with Gasteiger partial charge in [-0.15, -0.1) is 0 Å². The number of aliphatic carboxylic acids is 1. The number of ether oxygens (including phenoxy) is 1. The molecule has 0 heterocycles. The summed E-state index contributed by atoms with van der Waals surface area (Å²) in [6.07, 6.45) is -0.238. The third-order valence-electron chi connectivity index (χ3n) is 2.16. The van der Waals surface area contributed by atoms with Crippen LogP contribution in [0.3, 0.4) is 0 Å². The molecule has 108 valence electrons. The van der Waals surface area contributed by atoms with Gasteiger partial charge in [-0.05, 0) is 6.42 Å². The van der Waals surface area contributed by atoms with Crippen molar-refractivity contribution in [1.29, 1.82) is 0 Å². The molecule has 0 aliphatic heterocycles. The van der Waals surface area contributed by atoms with Crippen molar-refractivity contribution in [3.63, 3.8) is 0 Å². The van der Waals surface area contributed by atoms with E-state index in [4.69, 9.17) is 5.11 Å². The first-order valence-corrected chi connectivity index (χ1v) is 5.45. The zero-order valence-electron chi connectivity index (χ0n) is 10.7. The predicted molar refractivity (Wildman–Crippen MR) is 63.3 cm³/mol. The number of rotatable bonds is 7. The highest BCUT2D eigenvalue weighted by molar-refractivity contribution is 5.86. The molecule has 0 saturated carbocycles. The van der Waals surface area contributed by atoms with Crippen LogP contribution in [0.15, 0.2) is 0 Å². The lowest BCUT2D eigenvalue weighted by molar-refractivity contribution is -0.142. The summed E-state index contributed by atoms with van der Waals surface area (Å²) in [5.74, 6) is -2.27. The maximum atomic E-state index is 11.3. The molecule has 0 aromatic heterocycles. The van der Waals surface area contributed by atoms with Crippen molar-refractivity contribution >= 4 is 23.9 Å². The summed E-state index contributed by atoms with van der Waals surface area (Å²) in [5.41, 5.74) is 0. The fourth-order valence-corrected chi connectivity index (χ4v) is 1.08. The van der Waals surface area contributed by atoms with Crippen molar-refractivity contribution < 1.29 is 29.0 Å². The first-order chi connectivity index (χ1) is 8.90. The highest BCUT2D eigenvalue weighted by Gasteiger charge is 2.21. The van der Waals surface area contributed by atoms with E-state index in [1.54, 1.807) is 0 Å². The zero-order valence-corrected chi connectivity index (χ0v) is 10.7. The summed E-state index contributed by atoms with van der Waals surface area (Å²) in [5, 5.41) is 15.5. The maximum Gasteiger partial charge on any atom is 0.326 e. The molecule has 0 spiro atoms. The summed E-state index contributed by atoms with van der Waals surface area (Å²) in [7, 11) is 2.58. The van der Waals surface area contributed by atoms with Gasteiger partial charge in [0.15, 0.2) is 0 Å². The van der Waals surface area contributed by atoms with Crippen LogP contribution < -0.4 is 16.0 Å². The average Bonchev–Trinajstić information content (AvgIpc) is 2.39. The van der Waals surface area contributed by atoms with Gasteiger partial charge >= 0.3 is 18.0 Å². The topological polar surface area (TPSA) is 134 Å². The Balaban J connectivity index is 4.19. The number of likely N-dealkylation sites (N-methyl/N-ethyl adjacent to an activating group) is 1. The third-order valence-corrected chi connectivity index (χ3v) is 2.16. The van der Waals surface area contributed by atoms with Gasteiger partial charge in [-0.25, -0.2) is 9.59 Å². The predicted octanol–water partition coefficient (Wildman–Crippen LogP) is -1.56. The maximum absolute atomic E-state index is 11.3. The molecule has 0 fully saturated rings. The molecule has 9 nitrogen and oxygen atoms in total. The van der Waals surface area contributed by atoms with Crippen LogP contribution in [0.4, 0.5) is 4.79 Å². The number of carbonyl (C=O) groups is 4. The van der Waals surface area contributed by atoms with Crippen molar-refractivity contribution in [2.45, 2.75) is 18.9 Å². The van der Waals surface area contributed by atoms with E-state index < -0.39 is 29.9 Å². The number of esters is 1. The minimum absolute atomic E-state index is 0.102. The number of hydrogen-bond acceptors (Lipinski definition) is 5. The van der Waals surface area contributed by atoms with Crippen LogP contribution in [0.25, 0.3) is 0 Å². The van der Waals surface area contributed by atoms with Gasteiger partial charge in [0.25, 0.3) is 0 Å². The number of carboxylic acids is 1. The molecule has 0 saturated heterocycles. The molecule has 0 aliphatic carbocycles. The molecule has 0 aromatic rings. The Morgan fingerprint density at radius 1 is 1.26 bits per heavy atom. The van der Waals surface area contributed by atoms with E-state index in [1.807, 2.05) is 0 Å². The van der Waals surface area contributed by atoms with Crippen molar-refractivity contribution in [3.05, 3.63) is 0 Å². The van der Waals surface area contributed by atoms with Crippen molar-refractivity contribution in [3.8, 4) is 0 Å². The lowest BCUT2D eigenvalue weighted by Gasteiger charge is -2.14. The molecular formula is C10H17N3O6. The van der Waals surface area contributed by atoms with Crippen molar-refractivity contribution in [2.24, 2.45) is 0 Å². The van der Waals surface area contributed by atoms with Crippen LogP contribution in [0, 0.1) is 0 Å². The number of carbonyl (C=O) groups excluding carboxylic acids is 3. The van der Waals surface area contributed by atoms with Gasteiger partial charge < -0.3 is 25.8 Å². The Kier molecular flexibility index (Phi) is 7.66. The van der Waals surface area contributed by atoms with E-state index in [1.165, 1.54) is 14.2 Å². The van der Waals surface area contributed by atoms with Gasteiger partial charge in [0.05, 0.1) is 13.7 Å². The van der Waals surface area contributed by atoms with Crippen LogP contribution in [0.1, 0.15) is 12.8 Å². The third kappa shape index (κ3) is 7.58. The zero-order chi connectivity index (χ0) is 14.8. The van der Waals surface area contributed by atoms with Crippen molar-refractivity contribution in [2.75, 3.05) is 20.7 Å². The van der Waals surface area contributed by atoms with E-state index in [9.17, 15) is 19.2 Å². The Hall–Kier alpha value is -2.32. The molecule has 19 heavy (non-hydrogen) atoms. The molecule has 0 aromatic carbocycles. The Labute approximate surface area is 109 Å². The van der Waals surface area contributed by atoms with Crippen molar-refractivity contribution in [1.82, 2.24) is 16.0 Å². The number of hydrogen-bond donors (Lipinski definition) is 4.